The van der Waals surface area contributed by atoms with Crippen molar-refractivity contribution >= 4 is 6.03 Å². The summed E-state index contributed by atoms with van der Waals surface area (Å²) in [6.45, 7) is 4.78. The summed E-state index contributed by atoms with van der Waals surface area (Å²) in [5, 5.41) is 5.97. The van der Waals surface area contributed by atoms with Crippen molar-refractivity contribution in [1.29, 1.82) is 0 Å². The van der Waals surface area contributed by atoms with E-state index in [0.29, 0.717) is 6.61 Å². The van der Waals surface area contributed by atoms with Crippen molar-refractivity contribution in [2.75, 3.05) is 32.8 Å². The Bertz CT molecular complexity index is 515. The smallest absolute Gasteiger partial charge is 0.315 e. The largest absolute Gasteiger partial charge is 0.491 e. The van der Waals surface area contributed by atoms with E-state index in [9.17, 15) is 4.79 Å². The van der Waals surface area contributed by atoms with Gasteiger partial charge in [-0.2, -0.15) is 0 Å². The molecule has 1 fully saturated rings. The molecule has 1 unspecified atom stereocenters. The average Bonchev–Trinajstić information content (AvgIpc) is 2.59. The fraction of sp³-hybridized carbons (Fsp3) is 0.611. The van der Waals surface area contributed by atoms with E-state index in [1.54, 1.807) is 0 Å². The van der Waals surface area contributed by atoms with Gasteiger partial charge in [0, 0.05) is 6.54 Å². The third-order valence-corrected chi connectivity index (χ3v) is 4.60. The summed E-state index contributed by atoms with van der Waals surface area (Å²) < 4.78 is 5.69. The van der Waals surface area contributed by atoms with E-state index in [4.69, 9.17) is 4.74 Å². The molecule has 2 aliphatic rings. The van der Waals surface area contributed by atoms with E-state index >= 15 is 0 Å². The highest BCUT2D eigenvalue weighted by molar-refractivity contribution is 5.74. The number of piperidine rings is 1. The number of hydrogen-bond donors (Lipinski definition) is 2. The molecule has 1 aromatic carbocycles. The van der Waals surface area contributed by atoms with Gasteiger partial charge < -0.3 is 20.3 Å². The van der Waals surface area contributed by atoms with Crippen LogP contribution in [0.4, 0.5) is 4.79 Å². The Balaban J connectivity index is 1.32. The highest BCUT2D eigenvalue weighted by atomic mass is 16.5. The molecule has 0 radical (unpaired) electrons. The van der Waals surface area contributed by atoms with Crippen molar-refractivity contribution in [2.45, 2.75) is 38.1 Å². The second-order valence-electron chi connectivity index (χ2n) is 6.48. The number of hydrogen-bond acceptors (Lipinski definition) is 3. The molecule has 1 saturated heterocycles. The van der Waals surface area contributed by atoms with Crippen molar-refractivity contribution in [3.63, 3.8) is 0 Å². The van der Waals surface area contributed by atoms with Gasteiger partial charge in [0.25, 0.3) is 0 Å². The molecule has 0 aromatic heterocycles. The number of ether oxygens (including phenoxy) is 1. The molecule has 0 aliphatic carbocycles. The van der Waals surface area contributed by atoms with Crippen molar-refractivity contribution < 1.29 is 9.53 Å². The van der Waals surface area contributed by atoms with E-state index in [2.05, 4.69) is 21.6 Å². The van der Waals surface area contributed by atoms with Crippen LogP contribution in [0, 0.1) is 0 Å². The highest BCUT2D eigenvalue weighted by Gasteiger charge is 2.20. The molecule has 1 aromatic rings. The van der Waals surface area contributed by atoms with E-state index in [1.807, 2.05) is 18.2 Å². The lowest BCUT2D eigenvalue weighted by Gasteiger charge is -2.27. The molecule has 2 N–H and O–H groups in total. The lowest BCUT2D eigenvalue weighted by Crippen LogP contribution is -2.47. The summed E-state index contributed by atoms with van der Waals surface area (Å²) in [6, 6.07) is 7.97. The normalized spacial score (nSPS) is 21.1. The summed E-state index contributed by atoms with van der Waals surface area (Å²) in [5.41, 5.74) is 1.16. The number of amides is 2. The molecule has 5 nitrogen and oxygen atoms in total. The van der Waals surface area contributed by atoms with Gasteiger partial charge in [-0.15, -0.1) is 0 Å². The first-order valence-electron chi connectivity index (χ1n) is 8.79. The van der Waals surface area contributed by atoms with Gasteiger partial charge in [-0.25, -0.2) is 4.79 Å². The number of rotatable bonds is 5. The van der Waals surface area contributed by atoms with Crippen LogP contribution in [0.25, 0.3) is 0 Å². The third-order valence-electron chi connectivity index (χ3n) is 4.60. The fourth-order valence-corrected chi connectivity index (χ4v) is 3.34. The van der Waals surface area contributed by atoms with Crippen LogP contribution < -0.4 is 15.4 Å². The first kappa shape index (κ1) is 16.1. The topological polar surface area (TPSA) is 53.6 Å². The number of para-hydroxylation sites is 1. The van der Waals surface area contributed by atoms with Gasteiger partial charge >= 0.3 is 6.03 Å². The van der Waals surface area contributed by atoms with Crippen molar-refractivity contribution in [3.8, 4) is 5.75 Å². The Kier molecular flexibility index (Phi) is 5.75. The van der Waals surface area contributed by atoms with Crippen LogP contribution >= 0.6 is 0 Å². The summed E-state index contributed by atoms with van der Waals surface area (Å²) in [7, 11) is 0. The zero-order chi connectivity index (χ0) is 15.9. The van der Waals surface area contributed by atoms with Gasteiger partial charge in [0.1, 0.15) is 12.4 Å². The van der Waals surface area contributed by atoms with E-state index in [1.165, 1.54) is 32.4 Å². The monoisotopic (exact) mass is 317 g/mol. The minimum atomic E-state index is -0.0865. The number of likely N-dealkylation sites (tertiary alicyclic amines) is 1. The summed E-state index contributed by atoms with van der Waals surface area (Å²) in [6.07, 6.45) is 5.84. The van der Waals surface area contributed by atoms with Crippen LogP contribution in [0.1, 0.15) is 31.2 Å². The quantitative estimate of drug-likeness (QED) is 0.818. The molecule has 5 heteroatoms. The molecule has 0 bridgehead atoms. The molecular formula is C18H27N3O2. The summed E-state index contributed by atoms with van der Waals surface area (Å²) >= 11 is 0. The second kappa shape index (κ2) is 8.20. The number of nitrogens with one attached hydrogen (secondary N) is 2. The number of carbonyl (C=O) groups is 1. The van der Waals surface area contributed by atoms with Crippen LogP contribution in [0.15, 0.2) is 24.3 Å². The lowest BCUT2D eigenvalue weighted by atomic mass is 10.0. The number of benzene rings is 1. The minimum absolute atomic E-state index is 0.0481. The molecule has 0 spiro atoms. The molecule has 2 aliphatic heterocycles. The van der Waals surface area contributed by atoms with Gasteiger partial charge in [0.2, 0.25) is 0 Å². The van der Waals surface area contributed by atoms with Gasteiger partial charge in [-0.05, 0) is 56.9 Å². The van der Waals surface area contributed by atoms with Crippen molar-refractivity contribution in [2.24, 2.45) is 0 Å². The minimum Gasteiger partial charge on any atom is -0.491 e. The number of carbonyl (C=O) groups excluding carboxylic acids is 1. The van der Waals surface area contributed by atoms with Gasteiger partial charge in [-0.3, -0.25) is 0 Å². The van der Waals surface area contributed by atoms with Crippen LogP contribution in [0.3, 0.4) is 0 Å². The first-order chi connectivity index (χ1) is 11.3. The molecular weight excluding hydrogens is 290 g/mol. The predicted octanol–water partition coefficient (Wildman–Crippen LogP) is 2.17. The Morgan fingerprint density at radius 1 is 1.22 bits per heavy atom. The Labute approximate surface area is 138 Å². The molecule has 23 heavy (non-hydrogen) atoms. The van der Waals surface area contributed by atoms with Crippen LogP contribution in [0.2, 0.25) is 0 Å². The summed E-state index contributed by atoms with van der Waals surface area (Å²) in [5.74, 6) is 0.937. The van der Waals surface area contributed by atoms with Crippen LogP contribution in [0.5, 0.6) is 5.75 Å². The molecule has 2 amide bonds. The maximum atomic E-state index is 12.0. The fourth-order valence-electron chi connectivity index (χ4n) is 3.34. The standard InChI is InChI=1S/C18H27N3O2/c22-18(19-9-6-12-21-10-4-1-5-11-21)20-16-13-15-7-2-3-8-17(15)23-14-16/h2-3,7-8,16H,1,4-6,9-14H2,(H2,19,20,22). The van der Waals surface area contributed by atoms with Crippen molar-refractivity contribution in [1.82, 2.24) is 15.5 Å². The van der Waals surface area contributed by atoms with Gasteiger partial charge in [-0.1, -0.05) is 24.6 Å². The summed E-state index contributed by atoms with van der Waals surface area (Å²) in [4.78, 5) is 14.5. The molecule has 126 valence electrons. The Morgan fingerprint density at radius 2 is 2.04 bits per heavy atom. The van der Waals surface area contributed by atoms with E-state index < -0.39 is 0 Å². The van der Waals surface area contributed by atoms with Gasteiger partial charge in [0.15, 0.2) is 0 Å². The third kappa shape index (κ3) is 4.86. The molecule has 1 atom stereocenters. The predicted molar refractivity (Wildman–Crippen MR) is 90.9 cm³/mol. The molecule has 0 saturated carbocycles. The van der Waals surface area contributed by atoms with Crippen molar-refractivity contribution in [3.05, 3.63) is 29.8 Å². The average molecular weight is 317 g/mol. The molecule has 3 rings (SSSR count). The van der Waals surface area contributed by atoms with Gasteiger partial charge in [0.05, 0.1) is 6.04 Å². The molecule has 2 heterocycles. The first-order valence-corrected chi connectivity index (χ1v) is 8.79. The maximum Gasteiger partial charge on any atom is 0.315 e. The van der Waals surface area contributed by atoms with E-state index in [-0.39, 0.29) is 12.1 Å². The highest BCUT2D eigenvalue weighted by Crippen LogP contribution is 2.23. The number of nitrogens with zero attached hydrogens (tertiary/aromatic N) is 1. The Hall–Kier alpha value is -1.75. The lowest BCUT2D eigenvalue weighted by molar-refractivity contribution is 0.210. The van der Waals surface area contributed by atoms with Crippen LogP contribution in [-0.4, -0.2) is 49.8 Å². The van der Waals surface area contributed by atoms with E-state index in [0.717, 1.165) is 37.2 Å². The zero-order valence-electron chi connectivity index (χ0n) is 13.7. The van der Waals surface area contributed by atoms with Crippen LogP contribution in [-0.2, 0) is 6.42 Å². The zero-order valence-corrected chi connectivity index (χ0v) is 13.7. The SMILES string of the molecule is O=C(NCCCN1CCCCC1)NC1COc2ccccc2C1. The number of urea groups is 1. The maximum absolute atomic E-state index is 12.0. The second-order valence-corrected chi connectivity index (χ2v) is 6.48. The Morgan fingerprint density at radius 3 is 2.91 bits per heavy atom. The number of fused-ring (bicyclic) bond motifs is 1.